The Balaban J connectivity index is 2.02. The van der Waals surface area contributed by atoms with E-state index in [4.69, 9.17) is 4.42 Å². The fraction of sp³-hybridized carbons (Fsp3) is 0.533. The van der Waals surface area contributed by atoms with Crippen molar-refractivity contribution >= 4 is 0 Å². The van der Waals surface area contributed by atoms with Gasteiger partial charge in [0.2, 0.25) is 0 Å². The molecule has 0 radical (unpaired) electrons. The maximum Gasteiger partial charge on any atom is 0.108 e. The molecule has 0 aromatic carbocycles. The van der Waals surface area contributed by atoms with Crippen molar-refractivity contribution in [3.63, 3.8) is 0 Å². The highest BCUT2D eigenvalue weighted by atomic mass is 16.3. The van der Waals surface area contributed by atoms with E-state index in [9.17, 15) is 0 Å². The molecule has 0 saturated heterocycles. The second-order valence-electron chi connectivity index (χ2n) is 4.93. The zero-order valence-corrected chi connectivity index (χ0v) is 12.0. The van der Waals surface area contributed by atoms with Crippen LogP contribution >= 0.6 is 0 Å². The Labute approximate surface area is 114 Å². The van der Waals surface area contributed by atoms with Gasteiger partial charge in [0.15, 0.2) is 0 Å². The first-order chi connectivity index (χ1) is 9.22. The van der Waals surface area contributed by atoms with Crippen molar-refractivity contribution in [3.8, 4) is 0 Å². The molecule has 1 N–H and O–H groups in total. The van der Waals surface area contributed by atoms with Gasteiger partial charge in [0, 0.05) is 37.5 Å². The van der Waals surface area contributed by atoms with E-state index in [-0.39, 0.29) is 0 Å². The molecule has 0 bridgehead atoms. The molecule has 0 aliphatic rings. The van der Waals surface area contributed by atoms with Crippen molar-refractivity contribution in [2.24, 2.45) is 7.05 Å². The Morgan fingerprint density at radius 3 is 2.89 bits per heavy atom. The summed E-state index contributed by atoms with van der Waals surface area (Å²) in [7, 11) is 2.04. The Kier molecular flexibility index (Phi) is 4.80. The van der Waals surface area contributed by atoms with Crippen molar-refractivity contribution in [2.75, 3.05) is 6.54 Å². The van der Waals surface area contributed by atoms with E-state index in [2.05, 4.69) is 27.9 Å². The third kappa shape index (κ3) is 3.47. The lowest BCUT2D eigenvalue weighted by Crippen LogP contribution is -2.23. The highest BCUT2D eigenvalue weighted by Gasteiger charge is 2.15. The maximum atomic E-state index is 5.43. The summed E-state index contributed by atoms with van der Waals surface area (Å²) in [4.78, 5) is 4.38. The van der Waals surface area contributed by atoms with Gasteiger partial charge in [-0.3, -0.25) is 0 Å². The predicted octanol–water partition coefficient (Wildman–Crippen LogP) is 3.00. The summed E-state index contributed by atoms with van der Waals surface area (Å²) in [5.74, 6) is 2.14. The van der Waals surface area contributed by atoms with Crippen molar-refractivity contribution in [2.45, 2.75) is 39.2 Å². The molecule has 1 atom stereocenters. The van der Waals surface area contributed by atoms with Crippen LogP contribution in [-0.2, 0) is 13.5 Å². The summed E-state index contributed by atoms with van der Waals surface area (Å²) in [5, 5.41) is 3.60. The first kappa shape index (κ1) is 13.9. The second-order valence-corrected chi connectivity index (χ2v) is 4.93. The highest BCUT2D eigenvalue weighted by molar-refractivity contribution is 5.20. The Morgan fingerprint density at radius 2 is 2.32 bits per heavy atom. The van der Waals surface area contributed by atoms with Gasteiger partial charge in [0.05, 0.1) is 6.26 Å². The molecule has 4 heteroatoms. The first-order valence-electron chi connectivity index (χ1n) is 6.96. The number of aryl methyl sites for hydroxylation is 3. The molecular weight excluding hydrogens is 238 g/mol. The summed E-state index contributed by atoms with van der Waals surface area (Å²) in [5.41, 5.74) is 1.27. The van der Waals surface area contributed by atoms with Gasteiger partial charge in [-0.2, -0.15) is 0 Å². The van der Waals surface area contributed by atoms with Crippen LogP contribution in [0.1, 0.15) is 43.0 Å². The number of furan rings is 1. The van der Waals surface area contributed by atoms with Crippen LogP contribution in [0, 0.1) is 6.92 Å². The van der Waals surface area contributed by atoms with Crippen LogP contribution < -0.4 is 5.32 Å². The summed E-state index contributed by atoms with van der Waals surface area (Å²) in [6.45, 7) is 5.23. The molecule has 2 heterocycles. The molecule has 0 aliphatic heterocycles. The van der Waals surface area contributed by atoms with Crippen LogP contribution in [0.15, 0.2) is 29.1 Å². The molecule has 0 aliphatic carbocycles. The Bertz CT molecular complexity index is 501. The number of imidazole rings is 1. The summed E-state index contributed by atoms with van der Waals surface area (Å²) in [6.07, 6.45) is 8.75. The van der Waals surface area contributed by atoms with Crippen LogP contribution in [0.25, 0.3) is 0 Å². The SMILES string of the molecule is CCCNC(CCc1nccn1C)c1ccoc1C. The third-order valence-corrected chi connectivity index (χ3v) is 3.49. The van der Waals surface area contributed by atoms with Crippen LogP contribution in [-0.4, -0.2) is 16.1 Å². The minimum absolute atomic E-state index is 0.343. The van der Waals surface area contributed by atoms with E-state index in [1.165, 1.54) is 5.56 Å². The van der Waals surface area contributed by atoms with E-state index >= 15 is 0 Å². The summed E-state index contributed by atoms with van der Waals surface area (Å²) in [6, 6.07) is 2.41. The minimum atomic E-state index is 0.343. The van der Waals surface area contributed by atoms with Crippen LogP contribution in [0.4, 0.5) is 0 Å². The molecule has 0 saturated carbocycles. The monoisotopic (exact) mass is 261 g/mol. The molecule has 0 amide bonds. The molecule has 1 unspecified atom stereocenters. The average molecular weight is 261 g/mol. The zero-order valence-electron chi connectivity index (χ0n) is 12.0. The van der Waals surface area contributed by atoms with Crippen molar-refractivity contribution in [1.29, 1.82) is 0 Å². The van der Waals surface area contributed by atoms with Crippen LogP contribution in [0.2, 0.25) is 0 Å². The molecular formula is C15H23N3O. The topological polar surface area (TPSA) is 43.0 Å². The van der Waals surface area contributed by atoms with Crippen molar-refractivity contribution in [3.05, 3.63) is 41.9 Å². The minimum Gasteiger partial charge on any atom is -0.469 e. The zero-order chi connectivity index (χ0) is 13.7. The average Bonchev–Trinajstić information content (AvgIpc) is 2.99. The molecule has 2 rings (SSSR count). The second kappa shape index (κ2) is 6.57. The summed E-state index contributed by atoms with van der Waals surface area (Å²) < 4.78 is 7.51. The van der Waals surface area contributed by atoms with Gasteiger partial charge in [-0.25, -0.2) is 4.98 Å². The van der Waals surface area contributed by atoms with Gasteiger partial charge in [-0.05, 0) is 32.4 Å². The van der Waals surface area contributed by atoms with Gasteiger partial charge in [0.1, 0.15) is 11.6 Å². The number of hydrogen-bond donors (Lipinski definition) is 1. The molecule has 19 heavy (non-hydrogen) atoms. The number of rotatable bonds is 7. The van der Waals surface area contributed by atoms with Crippen LogP contribution in [0.3, 0.4) is 0 Å². The van der Waals surface area contributed by atoms with E-state index in [0.717, 1.165) is 37.4 Å². The Hall–Kier alpha value is -1.55. The number of hydrogen-bond acceptors (Lipinski definition) is 3. The maximum absolute atomic E-state index is 5.43. The van der Waals surface area contributed by atoms with Crippen molar-refractivity contribution in [1.82, 2.24) is 14.9 Å². The third-order valence-electron chi connectivity index (χ3n) is 3.49. The molecule has 104 valence electrons. The number of aromatic nitrogens is 2. The van der Waals surface area contributed by atoms with E-state index < -0.39 is 0 Å². The lowest BCUT2D eigenvalue weighted by molar-refractivity contribution is 0.471. The molecule has 0 fully saturated rings. The fourth-order valence-electron chi connectivity index (χ4n) is 2.35. The van der Waals surface area contributed by atoms with Gasteiger partial charge < -0.3 is 14.3 Å². The lowest BCUT2D eigenvalue weighted by Gasteiger charge is -2.18. The van der Waals surface area contributed by atoms with E-state index in [1.54, 1.807) is 6.26 Å². The van der Waals surface area contributed by atoms with Gasteiger partial charge in [-0.15, -0.1) is 0 Å². The number of nitrogens with one attached hydrogen (secondary N) is 1. The normalized spacial score (nSPS) is 12.8. The van der Waals surface area contributed by atoms with Crippen molar-refractivity contribution < 1.29 is 4.42 Å². The fourth-order valence-corrected chi connectivity index (χ4v) is 2.35. The predicted molar refractivity (Wildman–Crippen MR) is 76.0 cm³/mol. The van der Waals surface area contributed by atoms with Gasteiger partial charge in [0.25, 0.3) is 0 Å². The van der Waals surface area contributed by atoms with E-state index in [1.807, 2.05) is 26.4 Å². The van der Waals surface area contributed by atoms with Gasteiger partial charge >= 0.3 is 0 Å². The quantitative estimate of drug-likeness (QED) is 0.833. The smallest absolute Gasteiger partial charge is 0.108 e. The standard InChI is InChI=1S/C15H23N3O/c1-4-8-16-14(13-7-11-19-12(13)2)5-6-15-17-9-10-18(15)3/h7,9-11,14,16H,4-6,8H2,1-3H3. The van der Waals surface area contributed by atoms with Gasteiger partial charge in [-0.1, -0.05) is 6.92 Å². The largest absolute Gasteiger partial charge is 0.469 e. The lowest BCUT2D eigenvalue weighted by atomic mass is 10.0. The summed E-state index contributed by atoms with van der Waals surface area (Å²) >= 11 is 0. The first-order valence-corrected chi connectivity index (χ1v) is 6.96. The molecule has 0 spiro atoms. The van der Waals surface area contributed by atoms with Crippen LogP contribution in [0.5, 0.6) is 0 Å². The molecule has 2 aromatic heterocycles. The Morgan fingerprint density at radius 1 is 1.47 bits per heavy atom. The molecule has 2 aromatic rings. The number of nitrogens with zero attached hydrogens (tertiary/aromatic N) is 2. The van der Waals surface area contributed by atoms with E-state index in [0.29, 0.717) is 6.04 Å². The highest BCUT2D eigenvalue weighted by Crippen LogP contribution is 2.23. The molecule has 4 nitrogen and oxygen atoms in total.